The van der Waals surface area contributed by atoms with Gasteiger partial charge in [0.15, 0.2) is 0 Å². The summed E-state index contributed by atoms with van der Waals surface area (Å²) in [6.45, 7) is 14.5. The molecule has 0 atom stereocenters. The molecule has 0 amide bonds. The highest BCUT2D eigenvalue weighted by Crippen LogP contribution is 2.39. The summed E-state index contributed by atoms with van der Waals surface area (Å²) in [5.41, 5.74) is 6.98. The monoisotopic (exact) mass is 552 g/mol. The zero-order chi connectivity index (χ0) is 29.6. The van der Waals surface area contributed by atoms with Gasteiger partial charge in [-0.25, -0.2) is 0 Å². The minimum Gasteiger partial charge on any atom is -0.507 e. The normalized spacial score (nSPS) is 12.0. The Morgan fingerprint density at radius 2 is 0.829 bits per heavy atom. The van der Waals surface area contributed by atoms with Crippen LogP contribution in [0.2, 0.25) is 0 Å². The van der Waals surface area contributed by atoms with Crippen LogP contribution < -0.4 is 0 Å². The third-order valence-corrected chi connectivity index (χ3v) is 7.25. The number of benzene rings is 4. The fraction of sp³-hybridized carbons (Fsp3) is 0.351. The molecule has 4 rings (SSSR count). The van der Waals surface area contributed by atoms with Gasteiger partial charge in [-0.05, 0) is 79.6 Å². The van der Waals surface area contributed by atoms with Crippen molar-refractivity contribution in [1.82, 2.24) is 0 Å². The summed E-state index contributed by atoms with van der Waals surface area (Å²) in [6.07, 6.45) is 0.392. The molecule has 4 aromatic carbocycles. The Morgan fingerprint density at radius 3 is 1.17 bits per heavy atom. The van der Waals surface area contributed by atoms with Crippen LogP contribution in [0.25, 0.3) is 0 Å². The molecule has 0 heterocycles. The van der Waals surface area contributed by atoms with Gasteiger partial charge in [-0.15, -0.1) is 0 Å². The first kappa shape index (κ1) is 30.4. The zero-order valence-corrected chi connectivity index (χ0v) is 25.3. The Hall–Kier alpha value is -3.60. The highest BCUT2D eigenvalue weighted by atomic mass is 16.5. The Balaban J connectivity index is 1.63. The molecule has 4 nitrogen and oxygen atoms in total. The van der Waals surface area contributed by atoms with Crippen LogP contribution in [0.1, 0.15) is 86.1 Å². The fourth-order valence-corrected chi connectivity index (χ4v) is 5.03. The molecule has 216 valence electrons. The van der Waals surface area contributed by atoms with Crippen molar-refractivity contribution in [1.29, 1.82) is 0 Å². The smallest absolute Gasteiger partial charge is 0.122 e. The number of phenolic OH excluding ortho intramolecular Hbond substituents is 2. The molecule has 0 fully saturated rings. The Labute approximate surface area is 245 Å². The van der Waals surface area contributed by atoms with Crippen molar-refractivity contribution >= 4 is 0 Å². The van der Waals surface area contributed by atoms with Crippen LogP contribution in [0, 0.1) is 0 Å². The number of aromatic hydroxyl groups is 2. The van der Waals surface area contributed by atoms with Crippen molar-refractivity contribution in [3.8, 4) is 11.5 Å². The highest BCUT2D eigenvalue weighted by Gasteiger charge is 2.25. The van der Waals surface area contributed by atoms with Gasteiger partial charge in [0.1, 0.15) is 11.5 Å². The lowest BCUT2D eigenvalue weighted by atomic mass is 9.81. The first-order valence-corrected chi connectivity index (χ1v) is 14.4. The summed E-state index contributed by atoms with van der Waals surface area (Å²) in [5, 5.41) is 22.8. The van der Waals surface area contributed by atoms with Gasteiger partial charge in [-0.3, -0.25) is 0 Å². The van der Waals surface area contributed by atoms with E-state index in [1.165, 1.54) is 0 Å². The van der Waals surface area contributed by atoms with Crippen LogP contribution in [0.15, 0.2) is 84.9 Å². The quantitative estimate of drug-likeness (QED) is 0.207. The molecule has 0 aliphatic carbocycles. The van der Waals surface area contributed by atoms with Gasteiger partial charge in [-0.2, -0.15) is 0 Å². The second-order valence-electron chi connectivity index (χ2n) is 12.9. The highest BCUT2D eigenvalue weighted by molar-refractivity contribution is 5.53. The van der Waals surface area contributed by atoms with E-state index in [9.17, 15) is 10.2 Å². The van der Waals surface area contributed by atoms with E-state index < -0.39 is 0 Å². The second kappa shape index (κ2) is 12.9. The van der Waals surface area contributed by atoms with Gasteiger partial charge in [0.05, 0.1) is 26.4 Å². The number of ether oxygens (including phenoxy) is 2. The predicted octanol–water partition coefficient (Wildman–Crippen LogP) is 8.72. The van der Waals surface area contributed by atoms with Crippen molar-refractivity contribution in [2.45, 2.75) is 85.2 Å². The lowest BCUT2D eigenvalue weighted by Crippen LogP contribution is -2.14. The molecule has 0 spiro atoms. The predicted molar refractivity (Wildman–Crippen MR) is 166 cm³/mol. The number of rotatable bonds is 10. The second-order valence-corrected chi connectivity index (χ2v) is 12.9. The van der Waals surface area contributed by atoms with E-state index in [2.05, 4.69) is 65.8 Å². The summed E-state index contributed by atoms with van der Waals surface area (Å²) in [4.78, 5) is 0. The summed E-state index contributed by atoms with van der Waals surface area (Å²) < 4.78 is 12.1. The average Bonchev–Trinajstić information content (AvgIpc) is 2.92. The van der Waals surface area contributed by atoms with Crippen molar-refractivity contribution < 1.29 is 19.7 Å². The molecule has 4 aromatic rings. The van der Waals surface area contributed by atoms with Gasteiger partial charge >= 0.3 is 0 Å². The Bertz CT molecular complexity index is 1320. The van der Waals surface area contributed by atoms with Gasteiger partial charge < -0.3 is 19.7 Å². The minimum absolute atomic E-state index is 0.264. The van der Waals surface area contributed by atoms with Crippen molar-refractivity contribution in [3.05, 3.63) is 129 Å². The van der Waals surface area contributed by atoms with E-state index in [-0.39, 0.29) is 22.3 Å². The summed E-state index contributed by atoms with van der Waals surface area (Å²) >= 11 is 0. The molecule has 0 aliphatic heterocycles. The molecule has 0 radical (unpaired) electrons. The molecule has 0 saturated carbocycles. The molecule has 41 heavy (non-hydrogen) atoms. The average molecular weight is 553 g/mol. The van der Waals surface area contributed by atoms with Crippen LogP contribution in [0.4, 0.5) is 0 Å². The zero-order valence-electron chi connectivity index (χ0n) is 25.3. The van der Waals surface area contributed by atoms with Crippen LogP contribution in [-0.4, -0.2) is 10.2 Å². The first-order chi connectivity index (χ1) is 19.4. The van der Waals surface area contributed by atoms with Crippen LogP contribution in [0.5, 0.6) is 11.5 Å². The molecular weight excluding hydrogens is 508 g/mol. The van der Waals surface area contributed by atoms with Gasteiger partial charge in [0, 0.05) is 6.42 Å². The van der Waals surface area contributed by atoms with Crippen LogP contribution in [0.3, 0.4) is 0 Å². The van der Waals surface area contributed by atoms with E-state index in [0.29, 0.717) is 32.8 Å². The maximum atomic E-state index is 11.4. The van der Waals surface area contributed by atoms with E-state index >= 15 is 0 Å². The molecule has 0 bridgehead atoms. The van der Waals surface area contributed by atoms with Crippen LogP contribution >= 0.6 is 0 Å². The third kappa shape index (κ3) is 8.22. The molecule has 0 unspecified atom stereocenters. The van der Waals surface area contributed by atoms with Gasteiger partial charge in [0.25, 0.3) is 0 Å². The summed E-state index contributed by atoms with van der Waals surface area (Å²) in [5.74, 6) is 0.540. The Kier molecular flexibility index (Phi) is 9.57. The van der Waals surface area contributed by atoms with E-state index in [0.717, 1.165) is 44.5 Å². The van der Waals surface area contributed by atoms with E-state index in [4.69, 9.17) is 9.47 Å². The SMILES string of the molecule is CC(C)(C)c1cc(COCc2ccccc2)cc(Cc2cc(COCc3ccccc3)cc(C(C)(C)C)c2O)c1O. The number of hydrogen-bond donors (Lipinski definition) is 2. The molecule has 0 aromatic heterocycles. The number of hydrogen-bond acceptors (Lipinski definition) is 4. The molecule has 2 N–H and O–H groups in total. The molecular formula is C37H44O4. The molecule has 0 saturated heterocycles. The van der Waals surface area contributed by atoms with E-state index in [1.54, 1.807) is 0 Å². The summed E-state index contributed by atoms with van der Waals surface area (Å²) in [7, 11) is 0. The van der Waals surface area contributed by atoms with E-state index in [1.807, 2.05) is 60.7 Å². The topological polar surface area (TPSA) is 58.9 Å². The standard InChI is InChI=1S/C37H44O4/c1-36(2,3)32-19-28(24-40-22-26-13-9-7-10-14-26)17-30(34(32)38)21-31-18-29(20-33(35(31)39)37(4,5)6)25-41-23-27-15-11-8-12-16-27/h7-20,38-39H,21-25H2,1-6H3. The van der Waals surface area contributed by atoms with Gasteiger partial charge in [0.2, 0.25) is 0 Å². The van der Waals surface area contributed by atoms with Crippen LogP contribution in [-0.2, 0) is 53.2 Å². The molecule has 4 heteroatoms. The summed E-state index contributed by atoms with van der Waals surface area (Å²) in [6, 6.07) is 28.3. The maximum absolute atomic E-state index is 11.4. The van der Waals surface area contributed by atoms with Crippen molar-refractivity contribution in [2.75, 3.05) is 0 Å². The first-order valence-electron chi connectivity index (χ1n) is 14.4. The largest absolute Gasteiger partial charge is 0.507 e. The van der Waals surface area contributed by atoms with Crippen molar-refractivity contribution in [2.24, 2.45) is 0 Å². The Morgan fingerprint density at radius 1 is 0.488 bits per heavy atom. The minimum atomic E-state index is -0.264. The number of phenols is 2. The third-order valence-electron chi connectivity index (χ3n) is 7.25. The molecule has 0 aliphatic rings. The maximum Gasteiger partial charge on any atom is 0.122 e. The lowest BCUT2D eigenvalue weighted by molar-refractivity contribution is 0.107. The lowest BCUT2D eigenvalue weighted by Gasteiger charge is -2.25. The van der Waals surface area contributed by atoms with Gasteiger partial charge in [-0.1, -0.05) is 102 Å². The van der Waals surface area contributed by atoms with Crippen molar-refractivity contribution in [3.63, 3.8) is 0 Å². The fourth-order valence-electron chi connectivity index (χ4n) is 5.03.